The summed E-state index contributed by atoms with van der Waals surface area (Å²) < 4.78 is 5.23. The third-order valence-corrected chi connectivity index (χ3v) is 4.24. The predicted molar refractivity (Wildman–Crippen MR) is 89.7 cm³/mol. The molecule has 0 bridgehead atoms. The van der Waals surface area contributed by atoms with Gasteiger partial charge in [-0.3, -0.25) is 9.48 Å². The molecule has 8 heteroatoms. The molecule has 4 rings (SSSR count). The monoisotopic (exact) mass is 323 g/mol. The lowest BCUT2D eigenvalue weighted by Crippen LogP contribution is -2.14. The van der Waals surface area contributed by atoms with Crippen molar-refractivity contribution in [3.05, 3.63) is 46.4 Å². The van der Waals surface area contributed by atoms with Gasteiger partial charge in [0.1, 0.15) is 17.0 Å². The Bertz CT molecular complexity index is 1110. The zero-order valence-corrected chi connectivity index (χ0v) is 13.9. The molecule has 0 saturated heterocycles. The van der Waals surface area contributed by atoms with E-state index < -0.39 is 0 Å². The molecule has 1 N–H and O–H groups in total. The van der Waals surface area contributed by atoms with Gasteiger partial charge in [-0.1, -0.05) is 0 Å². The molecule has 24 heavy (non-hydrogen) atoms. The van der Waals surface area contributed by atoms with Crippen LogP contribution < -0.4 is 5.56 Å². The van der Waals surface area contributed by atoms with Gasteiger partial charge in [-0.2, -0.15) is 5.10 Å². The molecule has 0 unspecified atom stereocenters. The Kier molecular flexibility index (Phi) is 2.96. The molecule has 0 amide bonds. The van der Waals surface area contributed by atoms with Crippen LogP contribution in [0.3, 0.4) is 0 Å². The molecule has 122 valence electrons. The molecule has 0 aromatic carbocycles. The summed E-state index contributed by atoms with van der Waals surface area (Å²) in [7, 11) is 3.77. The van der Waals surface area contributed by atoms with E-state index in [1.807, 2.05) is 57.2 Å². The maximum atomic E-state index is 12.6. The lowest BCUT2D eigenvalue weighted by atomic mass is 10.1. The SMILES string of the molecule is Cc1c(-c2ccn(C)n2)cn2nc(-c3cn(C)c(C)n3)[nH]c(=O)c12. The number of imidazole rings is 1. The fourth-order valence-corrected chi connectivity index (χ4v) is 2.84. The standard InChI is InChI=1S/C16H17N7O/c1-9-11(12-5-6-22(4)19-12)7-23-14(9)16(24)18-15(20-23)13-8-21(3)10(2)17-13/h5-8H,1-4H3,(H,18,20,24). The maximum Gasteiger partial charge on any atom is 0.275 e. The Morgan fingerprint density at radius 1 is 1.08 bits per heavy atom. The van der Waals surface area contributed by atoms with Crippen molar-refractivity contribution < 1.29 is 0 Å². The van der Waals surface area contributed by atoms with Crippen LogP contribution in [0.25, 0.3) is 28.3 Å². The number of rotatable bonds is 2. The predicted octanol–water partition coefficient (Wildman–Crippen LogP) is 1.44. The number of hydrogen-bond donors (Lipinski definition) is 1. The summed E-state index contributed by atoms with van der Waals surface area (Å²) in [5.74, 6) is 1.30. The highest BCUT2D eigenvalue weighted by Crippen LogP contribution is 2.25. The molecule has 0 fully saturated rings. The molecule has 4 heterocycles. The molecule has 0 aliphatic rings. The van der Waals surface area contributed by atoms with E-state index in [2.05, 4.69) is 20.2 Å². The van der Waals surface area contributed by atoms with Crippen LogP contribution in [0.5, 0.6) is 0 Å². The molecule has 0 spiro atoms. The number of fused-ring (bicyclic) bond motifs is 1. The lowest BCUT2D eigenvalue weighted by molar-refractivity contribution is 0.770. The first-order valence-electron chi connectivity index (χ1n) is 7.56. The minimum atomic E-state index is -0.192. The highest BCUT2D eigenvalue weighted by atomic mass is 16.1. The highest BCUT2D eigenvalue weighted by molar-refractivity contribution is 5.73. The Hall–Kier alpha value is -3.16. The van der Waals surface area contributed by atoms with Gasteiger partial charge in [0.05, 0.1) is 5.69 Å². The maximum absolute atomic E-state index is 12.6. The van der Waals surface area contributed by atoms with E-state index in [0.717, 1.165) is 22.6 Å². The van der Waals surface area contributed by atoms with Gasteiger partial charge in [0.2, 0.25) is 0 Å². The fraction of sp³-hybridized carbons (Fsp3) is 0.250. The zero-order valence-electron chi connectivity index (χ0n) is 13.9. The van der Waals surface area contributed by atoms with Crippen LogP contribution >= 0.6 is 0 Å². The van der Waals surface area contributed by atoms with Crippen LogP contribution in [-0.2, 0) is 14.1 Å². The van der Waals surface area contributed by atoms with Gasteiger partial charge in [-0.05, 0) is 25.5 Å². The first-order chi connectivity index (χ1) is 11.4. The molecular formula is C16H17N7O. The Morgan fingerprint density at radius 3 is 2.50 bits per heavy atom. The smallest absolute Gasteiger partial charge is 0.275 e. The van der Waals surface area contributed by atoms with Crippen molar-refractivity contribution in [2.45, 2.75) is 13.8 Å². The highest BCUT2D eigenvalue weighted by Gasteiger charge is 2.16. The molecule has 4 aromatic rings. The van der Waals surface area contributed by atoms with Crippen molar-refractivity contribution in [1.82, 2.24) is 33.9 Å². The number of aryl methyl sites for hydroxylation is 4. The molecule has 0 radical (unpaired) electrons. The zero-order chi connectivity index (χ0) is 17.0. The van der Waals surface area contributed by atoms with E-state index in [1.54, 1.807) is 9.20 Å². The number of nitrogens with one attached hydrogen (secondary N) is 1. The molecular weight excluding hydrogens is 306 g/mol. The van der Waals surface area contributed by atoms with Gasteiger partial charge in [0.25, 0.3) is 5.56 Å². The summed E-state index contributed by atoms with van der Waals surface area (Å²) in [4.78, 5) is 19.8. The van der Waals surface area contributed by atoms with Gasteiger partial charge in [-0.15, -0.1) is 5.10 Å². The number of aromatic amines is 1. The van der Waals surface area contributed by atoms with Crippen LogP contribution in [0.1, 0.15) is 11.4 Å². The third-order valence-electron chi connectivity index (χ3n) is 4.24. The Labute approximate surface area is 137 Å². The van der Waals surface area contributed by atoms with E-state index in [1.165, 1.54) is 0 Å². The number of H-pyrrole nitrogens is 1. The fourth-order valence-electron chi connectivity index (χ4n) is 2.84. The summed E-state index contributed by atoms with van der Waals surface area (Å²) >= 11 is 0. The summed E-state index contributed by atoms with van der Waals surface area (Å²) in [6.07, 6.45) is 5.55. The molecule has 0 aliphatic heterocycles. The van der Waals surface area contributed by atoms with Crippen LogP contribution in [0.4, 0.5) is 0 Å². The van der Waals surface area contributed by atoms with Crippen molar-refractivity contribution in [3.63, 3.8) is 0 Å². The second-order valence-electron chi connectivity index (χ2n) is 5.92. The minimum Gasteiger partial charge on any atom is -0.337 e. The minimum absolute atomic E-state index is 0.192. The second-order valence-corrected chi connectivity index (χ2v) is 5.92. The average molecular weight is 323 g/mol. The van der Waals surface area contributed by atoms with Crippen molar-refractivity contribution in [1.29, 1.82) is 0 Å². The number of nitrogens with zero attached hydrogens (tertiary/aromatic N) is 6. The average Bonchev–Trinajstić information content (AvgIpc) is 3.19. The van der Waals surface area contributed by atoms with Crippen molar-refractivity contribution in [2.75, 3.05) is 0 Å². The number of hydrogen-bond acceptors (Lipinski definition) is 4. The van der Waals surface area contributed by atoms with E-state index in [4.69, 9.17) is 0 Å². The first kappa shape index (κ1) is 14.4. The molecule has 0 atom stereocenters. The Balaban J connectivity index is 1.94. The molecule has 4 aromatic heterocycles. The Morgan fingerprint density at radius 2 is 1.88 bits per heavy atom. The lowest BCUT2D eigenvalue weighted by Gasteiger charge is -1.98. The van der Waals surface area contributed by atoms with E-state index in [9.17, 15) is 4.79 Å². The van der Waals surface area contributed by atoms with E-state index in [0.29, 0.717) is 17.0 Å². The first-order valence-corrected chi connectivity index (χ1v) is 7.56. The van der Waals surface area contributed by atoms with Crippen molar-refractivity contribution >= 4 is 5.52 Å². The van der Waals surface area contributed by atoms with Crippen LogP contribution in [0, 0.1) is 13.8 Å². The van der Waals surface area contributed by atoms with Crippen LogP contribution in [-0.4, -0.2) is 33.9 Å². The van der Waals surface area contributed by atoms with Crippen molar-refractivity contribution in [2.24, 2.45) is 14.1 Å². The summed E-state index contributed by atoms with van der Waals surface area (Å²) in [6, 6.07) is 1.92. The van der Waals surface area contributed by atoms with Crippen LogP contribution in [0.15, 0.2) is 29.5 Å². The molecule has 8 nitrogen and oxygen atoms in total. The van der Waals surface area contributed by atoms with Crippen molar-refractivity contribution in [3.8, 4) is 22.8 Å². The van der Waals surface area contributed by atoms with Gasteiger partial charge < -0.3 is 9.55 Å². The number of aromatic nitrogens is 7. The second kappa shape index (κ2) is 4.92. The largest absolute Gasteiger partial charge is 0.337 e. The van der Waals surface area contributed by atoms with E-state index >= 15 is 0 Å². The van der Waals surface area contributed by atoms with Gasteiger partial charge >= 0.3 is 0 Å². The van der Waals surface area contributed by atoms with Gasteiger partial charge in [0, 0.05) is 38.2 Å². The normalized spacial score (nSPS) is 11.5. The van der Waals surface area contributed by atoms with Gasteiger partial charge in [0.15, 0.2) is 5.82 Å². The third kappa shape index (κ3) is 2.07. The van der Waals surface area contributed by atoms with Crippen LogP contribution in [0.2, 0.25) is 0 Å². The van der Waals surface area contributed by atoms with Gasteiger partial charge in [-0.25, -0.2) is 9.50 Å². The van der Waals surface area contributed by atoms with E-state index in [-0.39, 0.29) is 5.56 Å². The summed E-state index contributed by atoms with van der Waals surface area (Å²) in [6.45, 7) is 3.81. The molecule has 0 aliphatic carbocycles. The molecule has 0 saturated carbocycles. The summed E-state index contributed by atoms with van der Waals surface area (Å²) in [5, 5.41) is 8.94. The summed E-state index contributed by atoms with van der Waals surface area (Å²) in [5.41, 5.74) is 3.53. The quantitative estimate of drug-likeness (QED) is 0.605. The topological polar surface area (TPSA) is 85.8 Å².